The van der Waals surface area contributed by atoms with Crippen molar-refractivity contribution in [2.45, 2.75) is 51.7 Å². The fourth-order valence-corrected chi connectivity index (χ4v) is 5.73. The molecule has 0 saturated carbocycles. The van der Waals surface area contributed by atoms with Gasteiger partial charge in [0.25, 0.3) is 5.91 Å². The standard InChI is InChI=1S/C27H34N2O5S/c1-19(2)14-15-29(26(20(3)4)27(30)28-31)35(32,33)25-13-11-22-16-24(12-10-23(22)17-25)34-18-21-8-6-5-7-9-21/h5-13,16-17,19-20,26,31H,14-15,18H2,1-4H3,(H,28,30). The highest BCUT2D eigenvalue weighted by Gasteiger charge is 2.37. The molecule has 0 bridgehead atoms. The molecule has 1 amide bonds. The van der Waals surface area contributed by atoms with Gasteiger partial charge < -0.3 is 4.74 Å². The van der Waals surface area contributed by atoms with E-state index in [9.17, 15) is 18.4 Å². The van der Waals surface area contributed by atoms with Crippen molar-refractivity contribution in [2.24, 2.45) is 11.8 Å². The third-order valence-electron chi connectivity index (χ3n) is 5.89. The van der Waals surface area contributed by atoms with E-state index < -0.39 is 22.0 Å². The summed E-state index contributed by atoms with van der Waals surface area (Å²) in [5, 5.41) is 10.9. The Kier molecular flexibility index (Phi) is 8.88. The van der Waals surface area contributed by atoms with Crippen molar-refractivity contribution >= 4 is 26.7 Å². The summed E-state index contributed by atoms with van der Waals surface area (Å²) in [6.07, 6.45) is 0.580. The van der Waals surface area contributed by atoms with Crippen LogP contribution in [-0.4, -0.2) is 36.4 Å². The Bertz CT molecular complexity index is 1240. The highest BCUT2D eigenvalue weighted by Crippen LogP contribution is 2.28. The van der Waals surface area contributed by atoms with E-state index in [0.717, 1.165) is 16.3 Å². The molecular formula is C27H34N2O5S. The lowest BCUT2D eigenvalue weighted by atomic mass is 10.0. The number of carbonyl (C=O) groups excluding carboxylic acids is 1. The van der Waals surface area contributed by atoms with Gasteiger partial charge in [-0.2, -0.15) is 4.31 Å². The predicted molar refractivity (Wildman–Crippen MR) is 137 cm³/mol. The van der Waals surface area contributed by atoms with Gasteiger partial charge in [-0.3, -0.25) is 10.0 Å². The minimum atomic E-state index is -4.01. The van der Waals surface area contributed by atoms with Gasteiger partial charge in [0, 0.05) is 6.54 Å². The number of hydroxylamine groups is 1. The van der Waals surface area contributed by atoms with E-state index in [1.807, 2.05) is 62.4 Å². The molecule has 0 radical (unpaired) electrons. The first-order valence-electron chi connectivity index (χ1n) is 11.8. The van der Waals surface area contributed by atoms with Gasteiger partial charge in [0.1, 0.15) is 18.4 Å². The molecule has 0 spiro atoms. The van der Waals surface area contributed by atoms with Crippen molar-refractivity contribution in [3.8, 4) is 5.75 Å². The lowest BCUT2D eigenvalue weighted by Crippen LogP contribution is -2.52. The van der Waals surface area contributed by atoms with Gasteiger partial charge in [-0.25, -0.2) is 13.9 Å². The van der Waals surface area contributed by atoms with Gasteiger partial charge in [-0.1, -0.05) is 70.2 Å². The van der Waals surface area contributed by atoms with Crippen LogP contribution in [0.1, 0.15) is 39.7 Å². The number of carbonyl (C=O) groups is 1. The van der Waals surface area contributed by atoms with Crippen LogP contribution in [0.15, 0.2) is 71.6 Å². The number of hydrogen-bond donors (Lipinski definition) is 2. The molecule has 3 aromatic carbocycles. The molecule has 7 nitrogen and oxygen atoms in total. The summed E-state index contributed by atoms with van der Waals surface area (Å²) in [7, 11) is -4.01. The van der Waals surface area contributed by atoms with Crippen LogP contribution in [0, 0.1) is 11.8 Å². The van der Waals surface area contributed by atoms with Crippen LogP contribution < -0.4 is 10.2 Å². The molecule has 0 aromatic heterocycles. The van der Waals surface area contributed by atoms with Crippen LogP contribution in [0.4, 0.5) is 0 Å². The fourth-order valence-electron chi connectivity index (χ4n) is 3.95. The maximum atomic E-state index is 13.7. The maximum Gasteiger partial charge on any atom is 0.262 e. The Morgan fingerprint density at radius 3 is 2.26 bits per heavy atom. The zero-order valence-electron chi connectivity index (χ0n) is 20.6. The van der Waals surface area contributed by atoms with Gasteiger partial charge in [0.15, 0.2) is 0 Å². The minimum absolute atomic E-state index is 0.100. The van der Waals surface area contributed by atoms with Crippen molar-refractivity contribution in [3.63, 3.8) is 0 Å². The van der Waals surface area contributed by atoms with Gasteiger partial charge in [-0.15, -0.1) is 0 Å². The monoisotopic (exact) mass is 498 g/mol. The molecule has 0 fully saturated rings. The van der Waals surface area contributed by atoms with E-state index in [0.29, 0.717) is 18.8 Å². The first-order chi connectivity index (χ1) is 16.6. The molecule has 0 aliphatic heterocycles. The second kappa shape index (κ2) is 11.7. The van der Waals surface area contributed by atoms with Gasteiger partial charge >= 0.3 is 0 Å². The Morgan fingerprint density at radius 1 is 0.971 bits per heavy atom. The summed E-state index contributed by atoms with van der Waals surface area (Å²) in [6.45, 7) is 8.11. The van der Waals surface area contributed by atoms with Crippen LogP contribution in [0.2, 0.25) is 0 Å². The topological polar surface area (TPSA) is 95.9 Å². The number of sulfonamides is 1. The van der Waals surface area contributed by atoms with Gasteiger partial charge in [-0.05, 0) is 58.9 Å². The number of rotatable bonds is 11. The van der Waals surface area contributed by atoms with Crippen LogP contribution >= 0.6 is 0 Å². The van der Waals surface area contributed by atoms with E-state index in [-0.39, 0.29) is 23.3 Å². The molecule has 3 aromatic rings. The van der Waals surface area contributed by atoms with E-state index in [1.54, 1.807) is 37.5 Å². The van der Waals surface area contributed by atoms with Gasteiger partial charge in [0.05, 0.1) is 4.90 Å². The van der Waals surface area contributed by atoms with Crippen LogP contribution in [-0.2, 0) is 21.4 Å². The Hall–Kier alpha value is -2.94. The van der Waals surface area contributed by atoms with E-state index in [2.05, 4.69) is 0 Å². The van der Waals surface area contributed by atoms with Crippen LogP contribution in [0.5, 0.6) is 5.75 Å². The van der Waals surface area contributed by atoms with E-state index >= 15 is 0 Å². The zero-order chi connectivity index (χ0) is 25.6. The van der Waals surface area contributed by atoms with Gasteiger partial charge in [0.2, 0.25) is 10.0 Å². The third-order valence-corrected chi connectivity index (χ3v) is 7.76. The normalized spacial score (nSPS) is 12.9. The minimum Gasteiger partial charge on any atom is -0.489 e. The molecule has 2 N–H and O–H groups in total. The Balaban J connectivity index is 1.91. The van der Waals surface area contributed by atoms with E-state index in [4.69, 9.17) is 4.74 Å². The first kappa shape index (κ1) is 26.7. The summed E-state index contributed by atoms with van der Waals surface area (Å²) in [4.78, 5) is 12.6. The average molecular weight is 499 g/mol. The Morgan fingerprint density at radius 2 is 1.63 bits per heavy atom. The molecule has 188 valence electrons. The van der Waals surface area contributed by atoms with Crippen LogP contribution in [0.3, 0.4) is 0 Å². The predicted octanol–water partition coefficient (Wildman–Crippen LogP) is 4.99. The smallest absolute Gasteiger partial charge is 0.262 e. The SMILES string of the molecule is CC(C)CCN(C(C(=O)NO)C(C)C)S(=O)(=O)c1ccc2cc(OCc3ccccc3)ccc2c1. The summed E-state index contributed by atoms with van der Waals surface area (Å²) < 4.78 is 34.5. The van der Waals surface area contributed by atoms with Crippen molar-refractivity contribution in [2.75, 3.05) is 6.54 Å². The lowest BCUT2D eigenvalue weighted by molar-refractivity contribution is -0.134. The number of hydrogen-bond acceptors (Lipinski definition) is 5. The lowest BCUT2D eigenvalue weighted by Gasteiger charge is -2.32. The fraction of sp³-hybridized carbons (Fsp3) is 0.370. The molecule has 1 unspecified atom stereocenters. The highest BCUT2D eigenvalue weighted by atomic mass is 32.2. The number of nitrogens with zero attached hydrogens (tertiary/aromatic N) is 1. The molecule has 0 saturated heterocycles. The van der Waals surface area contributed by atoms with Crippen molar-refractivity contribution < 1.29 is 23.2 Å². The number of amides is 1. The van der Waals surface area contributed by atoms with E-state index in [1.165, 1.54) is 4.31 Å². The molecule has 0 aliphatic rings. The molecule has 0 aliphatic carbocycles. The highest BCUT2D eigenvalue weighted by molar-refractivity contribution is 7.89. The first-order valence-corrected chi connectivity index (χ1v) is 13.2. The summed E-state index contributed by atoms with van der Waals surface area (Å²) in [5.41, 5.74) is 2.70. The number of benzene rings is 3. The molecule has 1 atom stereocenters. The summed E-state index contributed by atoms with van der Waals surface area (Å²) in [6, 6.07) is 19.2. The van der Waals surface area contributed by atoms with Crippen molar-refractivity contribution in [1.82, 2.24) is 9.79 Å². The molecule has 8 heteroatoms. The second-order valence-electron chi connectivity index (χ2n) is 9.41. The molecule has 0 heterocycles. The average Bonchev–Trinajstić information content (AvgIpc) is 2.84. The third kappa shape index (κ3) is 6.60. The molecular weight excluding hydrogens is 464 g/mol. The number of fused-ring (bicyclic) bond motifs is 1. The number of nitrogens with one attached hydrogen (secondary N) is 1. The van der Waals surface area contributed by atoms with Crippen molar-refractivity contribution in [3.05, 3.63) is 72.3 Å². The van der Waals surface area contributed by atoms with Crippen LogP contribution in [0.25, 0.3) is 10.8 Å². The maximum absolute atomic E-state index is 13.7. The summed E-state index contributed by atoms with van der Waals surface area (Å²) >= 11 is 0. The summed E-state index contributed by atoms with van der Waals surface area (Å²) in [5.74, 6) is -0.152. The Labute approximate surface area is 207 Å². The molecule has 35 heavy (non-hydrogen) atoms. The zero-order valence-corrected chi connectivity index (χ0v) is 21.5. The number of ether oxygens (including phenoxy) is 1. The van der Waals surface area contributed by atoms with Crippen molar-refractivity contribution in [1.29, 1.82) is 0 Å². The second-order valence-corrected chi connectivity index (χ2v) is 11.3. The largest absolute Gasteiger partial charge is 0.489 e. The quantitative estimate of drug-likeness (QED) is 0.287. The molecule has 3 rings (SSSR count).